The van der Waals surface area contributed by atoms with Crippen LogP contribution in [0, 0.1) is 0 Å². The summed E-state index contributed by atoms with van der Waals surface area (Å²) >= 11 is -2.38. The predicted octanol–water partition coefficient (Wildman–Crippen LogP) is 4.79. The van der Waals surface area contributed by atoms with Gasteiger partial charge in [-0.3, -0.25) is 0 Å². The molecule has 3 nitrogen and oxygen atoms in total. The average Bonchev–Trinajstić information content (AvgIpc) is 2.99. The number of nitrogens with zero attached hydrogens (tertiary/aromatic N) is 3. The molecule has 0 aliphatic heterocycles. The van der Waals surface area contributed by atoms with Gasteiger partial charge in [0.05, 0.1) is 0 Å². The van der Waals surface area contributed by atoms with Crippen LogP contribution in [0.5, 0.6) is 0 Å². The Morgan fingerprint density at radius 3 is 2.05 bits per heavy atom. The summed E-state index contributed by atoms with van der Waals surface area (Å²) in [6, 6.07) is 2.00. The minimum atomic E-state index is -2.38. The van der Waals surface area contributed by atoms with Gasteiger partial charge in [-0.15, -0.1) is 0 Å². The average molecular weight is 408 g/mol. The zero-order valence-electron chi connectivity index (χ0n) is 14.5. The summed E-state index contributed by atoms with van der Waals surface area (Å²) in [7, 11) is 0. The monoisotopic (exact) mass is 409 g/mol. The zero-order chi connectivity index (χ0) is 15.8. The van der Waals surface area contributed by atoms with Crippen molar-refractivity contribution in [3.8, 4) is 0 Å². The van der Waals surface area contributed by atoms with Crippen molar-refractivity contribution in [3.05, 3.63) is 24.7 Å². The molecule has 0 aliphatic rings. The molecule has 0 saturated heterocycles. The Kier molecular flexibility index (Phi) is 7.19. The van der Waals surface area contributed by atoms with Crippen LogP contribution in [-0.4, -0.2) is 32.7 Å². The zero-order valence-corrected chi connectivity index (χ0v) is 17.4. The Balaban J connectivity index is 2.37. The number of fused-ring (bicyclic) bond motifs is 1. The SMILES string of the molecule is CCC[CH2][Sn]([CH2]CCC)([CH2]CCC)[c]1cn2cccnc2n1. The van der Waals surface area contributed by atoms with Crippen LogP contribution in [0.1, 0.15) is 59.3 Å². The molecule has 0 saturated carbocycles. The third-order valence-electron chi connectivity index (χ3n) is 4.81. The molecule has 0 aromatic carbocycles. The van der Waals surface area contributed by atoms with Crippen molar-refractivity contribution in [2.45, 2.75) is 72.6 Å². The van der Waals surface area contributed by atoms with Crippen molar-refractivity contribution in [1.29, 1.82) is 0 Å². The van der Waals surface area contributed by atoms with Crippen molar-refractivity contribution in [2.75, 3.05) is 0 Å². The van der Waals surface area contributed by atoms with Gasteiger partial charge in [0.15, 0.2) is 0 Å². The van der Waals surface area contributed by atoms with Crippen LogP contribution in [0.15, 0.2) is 24.7 Å². The van der Waals surface area contributed by atoms with Gasteiger partial charge >= 0.3 is 139 Å². The molecule has 0 aliphatic carbocycles. The molecule has 2 aromatic rings. The van der Waals surface area contributed by atoms with Crippen LogP contribution in [-0.2, 0) is 0 Å². The molecule has 2 rings (SSSR count). The Morgan fingerprint density at radius 1 is 0.955 bits per heavy atom. The van der Waals surface area contributed by atoms with Crippen LogP contribution < -0.4 is 3.71 Å². The van der Waals surface area contributed by atoms with E-state index in [1.165, 1.54) is 55.5 Å². The fourth-order valence-corrected chi connectivity index (χ4v) is 18.7. The number of hydrogen-bond donors (Lipinski definition) is 0. The van der Waals surface area contributed by atoms with E-state index in [1.807, 2.05) is 12.3 Å². The molecule has 2 heterocycles. The Hall–Kier alpha value is -0.581. The van der Waals surface area contributed by atoms with E-state index in [2.05, 4.69) is 42.5 Å². The van der Waals surface area contributed by atoms with Crippen molar-refractivity contribution in [2.24, 2.45) is 0 Å². The van der Waals surface area contributed by atoms with E-state index in [0.717, 1.165) is 5.78 Å². The third kappa shape index (κ3) is 4.24. The molecule has 0 atom stereocenters. The van der Waals surface area contributed by atoms with E-state index in [-0.39, 0.29) is 0 Å². The van der Waals surface area contributed by atoms with Crippen LogP contribution >= 0.6 is 0 Å². The quantitative estimate of drug-likeness (QED) is 0.530. The molecule has 0 fully saturated rings. The number of rotatable bonds is 10. The van der Waals surface area contributed by atoms with Gasteiger partial charge in [-0.1, -0.05) is 0 Å². The van der Waals surface area contributed by atoms with Crippen LogP contribution in [0.2, 0.25) is 13.3 Å². The van der Waals surface area contributed by atoms with Crippen molar-refractivity contribution in [1.82, 2.24) is 14.4 Å². The number of unbranched alkanes of at least 4 members (excludes halogenated alkanes) is 3. The fourth-order valence-electron chi connectivity index (χ4n) is 3.39. The topological polar surface area (TPSA) is 30.2 Å². The van der Waals surface area contributed by atoms with E-state index in [9.17, 15) is 0 Å². The summed E-state index contributed by atoms with van der Waals surface area (Å²) in [5, 5.41) is 0. The molecule has 0 bridgehead atoms. The molecule has 2 aromatic heterocycles. The molecular weight excluding hydrogens is 377 g/mol. The molecular formula is C18H31N3Sn. The van der Waals surface area contributed by atoms with E-state index in [4.69, 9.17) is 4.98 Å². The van der Waals surface area contributed by atoms with E-state index in [1.54, 1.807) is 0 Å². The van der Waals surface area contributed by atoms with Gasteiger partial charge in [0.1, 0.15) is 0 Å². The first-order valence-electron chi connectivity index (χ1n) is 9.06. The van der Waals surface area contributed by atoms with E-state index >= 15 is 0 Å². The number of aromatic nitrogens is 3. The fraction of sp³-hybridized carbons (Fsp3) is 0.667. The van der Waals surface area contributed by atoms with Crippen molar-refractivity contribution >= 4 is 27.9 Å². The molecule has 4 heteroatoms. The van der Waals surface area contributed by atoms with Crippen LogP contribution in [0.3, 0.4) is 0 Å². The standard InChI is InChI=1S/C6H4N3.3C4H9.Sn/c1-2-7-6-8-3-5-9(6)4-1;3*1-3-4-2;/h1-2,4-5H;3*1,3-4H2,2H3;. The Bertz CT molecular complexity index is 509. The first kappa shape index (κ1) is 17.8. The van der Waals surface area contributed by atoms with Crippen LogP contribution in [0.25, 0.3) is 5.78 Å². The Morgan fingerprint density at radius 2 is 1.55 bits per heavy atom. The maximum atomic E-state index is 4.99. The molecule has 0 N–H and O–H groups in total. The number of hydrogen-bond acceptors (Lipinski definition) is 2. The van der Waals surface area contributed by atoms with Gasteiger partial charge < -0.3 is 0 Å². The second-order valence-corrected chi connectivity index (χ2v) is 19.6. The third-order valence-corrected chi connectivity index (χ3v) is 19.8. The van der Waals surface area contributed by atoms with Gasteiger partial charge in [-0.2, -0.15) is 0 Å². The van der Waals surface area contributed by atoms with Crippen LogP contribution in [0.4, 0.5) is 0 Å². The summed E-state index contributed by atoms with van der Waals surface area (Å²) in [6.45, 7) is 6.96. The summed E-state index contributed by atoms with van der Waals surface area (Å²) in [5.74, 6) is 0.892. The van der Waals surface area contributed by atoms with E-state index < -0.39 is 18.4 Å². The van der Waals surface area contributed by atoms with Gasteiger partial charge in [0, 0.05) is 0 Å². The van der Waals surface area contributed by atoms with Gasteiger partial charge in [-0.25, -0.2) is 0 Å². The van der Waals surface area contributed by atoms with Gasteiger partial charge in [-0.05, 0) is 0 Å². The summed E-state index contributed by atoms with van der Waals surface area (Å²) in [4.78, 5) is 9.43. The number of imidazole rings is 1. The molecule has 0 amide bonds. The second-order valence-electron chi connectivity index (χ2n) is 6.54. The maximum absolute atomic E-state index is 4.99. The second kappa shape index (κ2) is 8.90. The van der Waals surface area contributed by atoms with Gasteiger partial charge in [0.25, 0.3) is 0 Å². The summed E-state index contributed by atoms with van der Waals surface area (Å²) in [6.07, 6.45) is 14.3. The molecule has 122 valence electrons. The first-order valence-corrected chi connectivity index (χ1v) is 16.5. The molecule has 0 radical (unpaired) electrons. The molecule has 0 unspecified atom stereocenters. The minimum absolute atomic E-state index is 0.892. The first-order chi connectivity index (χ1) is 10.8. The molecule has 22 heavy (non-hydrogen) atoms. The van der Waals surface area contributed by atoms with E-state index in [0.29, 0.717) is 0 Å². The van der Waals surface area contributed by atoms with Crippen molar-refractivity contribution in [3.63, 3.8) is 0 Å². The summed E-state index contributed by atoms with van der Waals surface area (Å²) < 4.78 is 8.01. The Labute approximate surface area is 139 Å². The molecule has 0 spiro atoms. The normalized spacial score (nSPS) is 12.1. The summed E-state index contributed by atoms with van der Waals surface area (Å²) in [5.41, 5.74) is 0. The predicted molar refractivity (Wildman–Crippen MR) is 97.5 cm³/mol. The van der Waals surface area contributed by atoms with Crippen molar-refractivity contribution < 1.29 is 0 Å². The van der Waals surface area contributed by atoms with Gasteiger partial charge in [0.2, 0.25) is 0 Å².